The third-order valence-corrected chi connectivity index (χ3v) is 2.98. The van der Waals surface area contributed by atoms with Crippen molar-refractivity contribution in [3.63, 3.8) is 0 Å². The summed E-state index contributed by atoms with van der Waals surface area (Å²) >= 11 is 6.01. The zero-order valence-corrected chi connectivity index (χ0v) is 11.1. The fourth-order valence-electron chi connectivity index (χ4n) is 1.85. The summed E-state index contributed by atoms with van der Waals surface area (Å²) in [6, 6.07) is 5.48. The van der Waals surface area contributed by atoms with Gasteiger partial charge in [-0.3, -0.25) is 4.40 Å². The quantitative estimate of drug-likeness (QED) is 0.733. The topological polar surface area (TPSA) is 64.3 Å². The predicted molar refractivity (Wildman–Crippen MR) is 72.7 cm³/mol. The van der Waals surface area contributed by atoms with Crippen LogP contribution in [0.25, 0.3) is 16.7 Å². The molecule has 0 amide bonds. The van der Waals surface area contributed by atoms with Crippen molar-refractivity contribution in [3.05, 3.63) is 29.5 Å². The molecular weight excluding hydrogens is 266 g/mol. The molecule has 0 spiro atoms. The summed E-state index contributed by atoms with van der Waals surface area (Å²) in [6.45, 7) is 1.26. The van der Waals surface area contributed by atoms with Crippen molar-refractivity contribution in [2.75, 3.05) is 20.2 Å². The number of aromatic nitrogens is 4. The maximum Gasteiger partial charge on any atom is 0.260 e. The smallest absolute Gasteiger partial charge is 0.260 e. The molecule has 98 valence electrons. The average Bonchev–Trinajstić information content (AvgIpc) is 2.89. The van der Waals surface area contributed by atoms with Gasteiger partial charge in [0.15, 0.2) is 0 Å². The van der Waals surface area contributed by atoms with E-state index in [0.717, 1.165) is 17.6 Å². The Balaban J connectivity index is 2.15. The molecule has 1 aromatic carbocycles. The minimum Gasteiger partial charge on any atom is -0.474 e. The molecule has 6 nitrogen and oxygen atoms in total. The van der Waals surface area contributed by atoms with E-state index in [1.54, 1.807) is 12.4 Å². The van der Waals surface area contributed by atoms with Crippen molar-refractivity contribution in [3.8, 4) is 5.88 Å². The van der Waals surface area contributed by atoms with E-state index in [2.05, 4.69) is 20.5 Å². The summed E-state index contributed by atoms with van der Waals surface area (Å²) in [4.78, 5) is 4.46. The number of rotatable bonds is 4. The van der Waals surface area contributed by atoms with Gasteiger partial charge < -0.3 is 10.1 Å². The van der Waals surface area contributed by atoms with E-state index in [1.807, 2.05) is 23.6 Å². The minimum atomic E-state index is 0.475. The molecule has 3 aromatic rings. The van der Waals surface area contributed by atoms with Crippen LogP contribution in [0.2, 0.25) is 5.02 Å². The SMILES string of the molecule is CNCCOc1nc2ccc(Cl)cc2n2cnnc12. The summed E-state index contributed by atoms with van der Waals surface area (Å²) in [5.74, 6) is 0.475. The van der Waals surface area contributed by atoms with Crippen molar-refractivity contribution in [1.29, 1.82) is 0 Å². The van der Waals surface area contributed by atoms with Crippen LogP contribution < -0.4 is 10.1 Å². The fourth-order valence-corrected chi connectivity index (χ4v) is 2.01. The van der Waals surface area contributed by atoms with Crippen LogP contribution in [0, 0.1) is 0 Å². The van der Waals surface area contributed by atoms with E-state index in [1.165, 1.54) is 0 Å². The van der Waals surface area contributed by atoms with E-state index in [-0.39, 0.29) is 0 Å². The Kier molecular flexibility index (Phi) is 3.18. The highest BCUT2D eigenvalue weighted by atomic mass is 35.5. The van der Waals surface area contributed by atoms with Gasteiger partial charge in [0.1, 0.15) is 12.9 Å². The lowest BCUT2D eigenvalue weighted by atomic mass is 10.3. The molecular formula is C12H12ClN5O. The van der Waals surface area contributed by atoms with Crippen molar-refractivity contribution >= 4 is 28.3 Å². The first-order chi connectivity index (χ1) is 9.29. The van der Waals surface area contributed by atoms with E-state index >= 15 is 0 Å². The number of nitrogens with one attached hydrogen (secondary N) is 1. The highest BCUT2D eigenvalue weighted by molar-refractivity contribution is 6.31. The lowest BCUT2D eigenvalue weighted by Gasteiger charge is -2.08. The summed E-state index contributed by atoms with van der Waals surface area (Å²) < 4.78 is 7.45. The zero-order chi connectivity index (χ0) is 13.2. The second-order valence-corrected chi connectivity index (χ2v) is 4.46. The minimum absolute atomic E-state index is 0.475. The lowest BCUT2D eigenvalue weighted by Crippen LogP contribution is -2.16. The monoisotopic (exact) mass is 277 g/mol. The Labute approximate surface area is 114 Å². The highest BCUT2D eigenvalue weighted by Crippen LogP contribution is 2.23. The Bertz CT molecular complexity index is 727. The molecule has 0 atom stereocenters. The van der Waals surface area contributed by atoms with Gasteiger partial charge in [-0.05, 0) is 25.2 Å². The second-order valence-electron chi connectivity index (χ2n) is 4.03. The first kappa shape index (κ1) is 12.1. The molecule has 0 unspecified atom stereocenters. The third kappa shape index (κ3) is 2.20. The van der Waals surface area contributed by atoms with Gasteiger partial charge >= 0.3 is 0 Å². The Hall–Kier alpha value is -1.92. The van der Waals surface area contributed by atoms with Gasteiger partial charge in [-0.1, -0.05) is 11.6 Å². The molecule has 1 N–H and O–H groups in total. The Morgan fingerprint density at radius 2 is 2.32 bits per heavy atom. The largest absolute Gasteiger partial charge is 0.474 e. The summed E-state index contributed by atoms with van der Waals surface area (Å²) in [5, 5.41) is 11.6. The van der Waals surface area contributed by atoms with E-state index in [4.69, 9.17) is 16.3 Å². The lowest BCUT2D eigenvalue weighted by molar-refractivity contribution is 0.309. The van der Waals surface area contributed by atoms with E-state index < -0.39 is 0 Å². The molecule has 0 bridgehead atoms. The van der Waals surface area contributed by atoms with Gasteiger partial charge in [-0.2, -0.15) is 0 Å². The number of likely N-dealkylation sites (N-methyl/N-ethyl adjacent to an activating group) is 1. The van der Waals surface area contributed by atoms with Crippen molar-refractivity contribution < 1.29 is 4.74 Å². The molecule has 0 saturated heterocycles. The van der Waals surface area contributed by atoms with Gasteiger partial charge in [0.2, 0.25) is 5.65 Å². The Morgan fingerprint density at radius 3 is 3.16 bits per heavy atom. The van der Waals surface area contributed by atoms with Crippen LogP contribution in [0.4, 0.5) is 0 Å². The van der Waals surface area contributed by atoms with Crippen LogP contribution >= 0.6 is 11.6 Å². The number of halogens is 1. The number of nitrogens with zero attached hydrogens (tertiary/aromatic N) is 4. The van der Waals surface area contributed by atoms with Crippen molar-refractivity contribution in [1.82, 2.24) is 24.9 Å². The van der Waals surface area contributed by atoms with Crippen LogP contribution in [0.3, 0.4) is 0 Å². The predicted octanol–water partition coefficient (Wildman–Crippen LogP) is 1.53. The molecule has 0 radical (unpaired) electrons. The van der Waals surface area contributed by atoms with Gasteiger partial charge in [0.25, 0.3) is 5.88 Å². The summed E-state index contributed by atoms with van der Waals surface area (Å²) in [6.07, 6.45) is 1.63. The number of ether oxygens (including phenoxy) is 1. The van der Waals surface area contributed by atoms with Crippen LogP contribution in [0.5, 0.6) is 5.88 Å². The second kappa shape index (κ2) is 4.99. The molecule has 0 aliphatic rings. The van der Waals surface area contributed by atoms with Crippen LogP contribution in [0.15, 0.2) is 24.5 Å². The van der Waals surface area contributed by atoms with Gasteiger partial charge in [-0.25, -0.2) is 4.98 Å². The number of fused-ring (bicyclic) bond motifs is 3. The number of benzene rings is 1. The van der Waals surface area contributed by atoms with E-state index in [0.29, 0.717) is 23.2 Å². The van der Waals surface area contributed by atoms with Gasteiger partial charge in [0, 0.05) is 11.6 Å². The molecule has 0 aliphatic heterocycles. The molecule has 7 heteroatoms. The summed E-state index contributed by atoms with van der Waals surface area (Å²) in [5.41, 5.74) is 2.23. The maximum atomic E-state index is 6.01. The van der Waals surface area contributed by atoms with E-state index in [9.17, 15) is 0 Å². The fraction of sp³-hybridized carbons (Fsp3) is 0.250. The molecule has 3 rings (SSSR count). The van der Waals surface area contributed by atoms with Crippen LogP contribution in [0.1, 0.15) is 0 Å². The highest BCUT2D eigenvalue weighted by Gasteiger charge is 2.11. The standard InChI is InChI=1S/C12H12ClN5O/c1-14-4-5-19-12-11-17-15-7-18(11)10-6-8(13)2-3-9(10)16-12/h2-3,6-7,14H,4-5H2,1H3. The normalized spacial score (nSPS) is 11.3. The molecule has 2 heterocycles. The average molecular weight is 278 g/mol. The summed E-state index contributed by atoms with van der Waals surface area (Å²) in [7, 11) is 1.87. The molecule has 0 saturated carbocycles. The first-order valence-electron chi connectivity index (χ1n) is 5.86. The number of hydrogen-bond donors (Lipinski definition) is 1. The Morgan fingerprint density at radius 1 is 1.42 bits per heavy atom. The first-order valence-corrected chi connectivity index (χ1v) is 6.24. The van der Waals surface area contributed by atoms with Crippen molar-refractivity contribution in [2.24, 2.45) is 0 Å². The van der Waals surface area contributed by atoms with Crippen LogP contribution in [-0.2, 0) is 0 Å². The van der Waals surface area contributed by atoms with Gasteiger partial charge in [-0.15, -0.1) is 10.2 Å². The third-order valence-electron chi connectivity index (χ3n) is 2.75. The van der Waals surface area contributed by atoms with Crippen LogP contribution in [-0.4, -0.2) is 39.8 Å². The number of hydrogen-bond acceptors (Lipinski definition) is 5. The van der Waals surface area contributed by atoms with Gasteiger partial charge in [0.05, 0.1) is 11.0 Å². The zero-order valence-electron chi connectivity index (χ0n) is 10.3. The molecule has 0 aliphatic carbocycles. The molecule has 19 heavy (non-hydrogen) atoms. The van der Waals surface area contributed by atoms with Crippen molar-refractivity contribution in [2.45, 2.75) is 0 Å². The molecule has 0 fully saturated rings. The molecule has 2 aromatic heterocycles. The maximum absolute atomic E-state index is 6.01.